The first-order valence-electron chi connectivity index (χ1n) is 8.65. The van der Waals surface area contributed by atoms with E-state index in [9.17, 15) is 4.79 Å². The first-order valence-corrected chi connectivity index (χ1v) is 8.65. The molecule has 5 nitrogen and oxygen atoms in total. The Bertz CT molecular complexity index is 742. The third-order valence-electron chi connectivity index (χ3n) is 4.84. The molecule has 2 aromatic rings. The Kier molecular flexibility index (Phi) is 4.71. The lowest BCUT2D eigenvalue weighted by Crippen LogP contribution is -2.47. The summed E-state index contributed by atoms with van der Waals surface area (Å²) < 4.78 is 1.95. The molecular weight excluding hydrogens is 300 g/mol. The summed E-state index contributed by atoms with van der Waals surface area (Å²) >= 11 is 0. The van der Waals surface area contributed by atoms with Gasteiger partial charge in [-0.05, 0) is 38.9 Å². The normalized spacial score (nSPS) is 15.8. The van der Waals surface area contributed by atoms with Crippen molar-refractivity contribution in [2.24, 2.45) is 0 Å². The summed E-state index contributed by atoms with van der Waals surface area (Å²) in [7, 11) is 2.10. The van der Waals surface area contributed by atoms with Crippen molar-refractivity contribution in [2.45, 2.75) is 27.2 Å². The Balaban J connectivity index is 2.00. The van der Waals surface area contributed by atoms with Crippen LogP contribution < -0.4 is 0 Å². The van der Waals surface area contributed by atoms with E-state index in [-0.39, 0.29) is 5.91 Å². The molecular formula is C19H26N4O. The van der Waals surface area contributed by atoms with Crippen LogP contribution in [0, 0.1) is 13.8 Å². The molecule has 1 aliphatic heterocycles. The summed E-state index contributed by atoms with van der Waals surface area (Å²) in [6, 6.07) is 8.18. The van der Waals surface area contributed by atoms with E-state index in [0.29, 0.717) is 0 Å². The first-order chi connectivity index (χ1) is 11.5. The van der Waals surface area contributed by atoms with Crippen LogP contribution in [0.1, 0.15) is 34.2 Å². The molecule has 0 unspecified atom stereocenters. The molecule has 1 aromatic carbocycles. The highest BCUT2D eigenvalue weighted by Crippen LogP contribution is 2.23. The van der Waals surface area contributed by atoms with E-state index in [1.54, 1.807) is 0 Å². The fraction of sp³-hybridized carbons (Fsp3) is 0.474. The molecule has 24 heavy (non-hydrogen) atoms. The summed E-state index contributed by atoms with van der Waals surface area (Å²) in [5.74, 6) is 0.122. The van der Waals surface area contributed by atoms with Crippen LogP contribution >= 0.6 is 0 Å². The zero-order valence-corrected chi connectivity index (χ0v) is 15.0. The molecule has 128 valence electrons. The predicted molar refractivity (Wildman–Crippen MR) is 95.8 cm³/mol. The Hall–Kier alpha value is -2.14. The Morgan fingerprint density at radius 3 is 2.42 bits per heavy atom. The highest BCUT2D eigenvalue weighted by molar-refractivity contribution is 5.96. The van der Waals surface area contributed by atoms with Gasteiger partial charge in [-0.1, -0.05) is 25.1 Å². The van der Waals surface area contributed by atoms with Crippen LogP contribution in [-0.2, 0) is 6.42 Å². The SMILES string of the molecule is CCc1c(C(=O)N2CCN(C)CC2)c(C)nn1-c1ccccc1C. The molecule has 2 heterocycles. The third-order valence-corrected chi connectivity index (χ3v) is 4.84. The molecule has 1 aromatic heterocycles. The van der Waals surface area contributed by atoms with Gasteiger partial charge in [0, 0.05) is 26.2 Å². The second-order valence-corrected chi connectivity index (χ2v) is 6.55. The molecule has 0 N–H and O–H groups in total. The molecule has 5 heteroatoms. The number of aromatic nitrogens is 2. The maximum atomic E-state index is 13.1. The number of para-hydroxylation sites is 1. The van der Waals surface area contributed by atoms with Crippen molar-refractivity contribution in [3.05, 3.63) is 46.8 Å². The summed E-state index contributed by atoms with van der Waals surface area (Å²) in [6.45, 7) is 9.54. The molecule has 1 aliphatic rings. The largest absolute Gasteiger partial charge is 0.336 e. The Morgan fingerprint density at radius 2 is 1.79 bits per heavy atom. The van der Waals surface area contributed by atoms with Gasteiger partial charge in [0.2, 0.25) is 0 Å². The minimum absolute atomic E-state index is 0.122. The van der Waals surface area contributed by atoms with Gasteiger partial charge in [0.15, 0.2) is 0 Å². The number of likely N-dealkylation sites (N-methyl/N-ethyl adjacent to an activating group) is 1. The van der Waals surface area contributed by atoms with Gasteiger partial charge in [-0.3, -0.25) is 4.79 Å². The van der Waals surface area contributed by atoms with Gasteiger partial charge in [-0.25, -0.2) is 4.68 Å². The van der Waals surface area contributed by atoms with E-state index in [4.69, 9.17) is 5.10 Å². The lowest BCUT2D eigenvalue weighted by atomic mass is 10.1. The van der Waals surface area contributed by atoms with Crippen LogP contribution in [0.3, 0.4) is 0 Å². The molecule has 0 aliphatic carbocycles. The summed E-state index contributed by atoms with van der Waals surface area (Å²) in [4.78, 5) is 17.3. The van der Waals surface area contributed by atoms with E-state index < -0.39 is 0 Å². The van der Waals surface area contributed by atoms with E-state index in [1.807, 2.05) is 28.6 Å². The van der Waals surface area contributed by atoms with Crippen LogP contribution in [0.5, 0.6) is 0 Å². The van der Waals surface area contributed by atoms with Gasteiger partial charge in [-0.15, -0.1) is 0 Å². The molecule has 1 fully saturated rings. The lowest BCUT2D eigenvalue weighted by molar-refractivity contribution is 0.0662. The standard InChI is InChI=1S/C19H26N4O/c1-5-16-18(19(24)22-12-10-21(4)11-13-22)15(3)20-23(16)17-9-7-6-8-14(17)2/h6-9H,5,10-13H2,1-4H3. The number of carbonyl (C=O) groups is 1. The Morgan fingerprint density at radius 1 is 1.12 bits per heavy atom. The fourth-order valence-electron chi connectivity index (χ4n) is 3.35. The predicted octanol–water partition coefficient (Wildman–Crippen LogP) is 2.44. The number of rotatable bonds is 3. The second kappa shape index (κ2) is 6.77. The number of nitrogens with zero attached hydrogens (tertiary/aromatic N) is 4. The highest BCUT2D eigenvalue weighted by Gasteiger charge is 2.27. The number of hydrogen-bond acceptors (Lipinski definition) is 3. The van der Waals surface area contributed by atoms with E-state index in [1.165, 1.54) is 0 Å². The number of amides is 1. The monoisotopic (exact) mass is 326 g/mol. The quantitative estimate of drug-likeness (QED) is 0.870. The average molecular weight is 326 g/mol. The fourth-order valence-corrected chi connectivity index (χ4v) is 3.35. The maximum Gasteiger partial charge on any atom is 0.257 e. The van der Waals surface area contributed by atoms with E-state index >= 15 is 0 Å². The van der Waals surface area contributed by atoms with Crippen molar-refractivity contribution in [3.8, 4) is 5.69 Å². The number of hydrogen-bond donors (Lipinski definition) is 0. The molecule has 0 bridgehead atoms. The average Bonchev–Trinajstić information content (AvgIpc) is 2.91. The van der Waals surface area contributed by atoms with Crippen LogP contribution in [0.25, 0.3) is 5.69 Å². The summed E-state index contributed by atoms with van der Waals surface area (Å²) in [6.07, 6.45) is 0.782. The van der Waals surface area contributed by atoms with Crippen LogP contribution in [0.4, 0.5) is 0 Å². The number of aryl methyl sites for hydroxylation is 2. The zero-order valence-electron chi connectivity index (χ0n) is 15.0. The molecule has 0 radical (unpaired) electrons. The molecule has 0 spiro atoms. The van der Waals surface area contributed by atoms with Crippen LogP contribution in [0.2, 0.25) is 0 Å². The van der Waals surface area contributed by atoms with Crippen molar-refractivity contribution in [1.29, 1.82) is 0 Å². The summed E-state index contributed by atoms with van der Waals surface area (Å²) in [5, 5.41) is 4.70. The molecule has 1 amide bonds. The van der Waals surface area contributed by atoms with Crippen molar-refractivity contribution in [3.63, 3.8) is 0 Å². The lowest BCUT2D eigenvalue weighted by Gasteiger charge is -2.32. The molecule has 3 rings (SSSR count). The van der Waals surface area contributed by atoms with Gasteiger partial charge in [0.1, 0.15) is 0 Å². The van der Waals surface area contributed by atoms with Gasteiger partial charge >= 0.3 is 0 Å². The van der Waals surface area contributed by atoms with Crippen molar-refractivity contribution in [1.82, 2.24) is 19.6 Å². The smallest absolute Gasteiger partial charge is 0.257 e. The number of carbonyl (C=O) groups excluding carboxylic acids is 1. The van der Waals surface area contributed by atoms with Crippen molar-refractivity contribution in [2.75, 3.05) is 33.2 Å². The first kappa shape index (κ1) is 16.7. The van der Waals surface area contributed by atoms with Gasteiger partial charge in [0.05, 0.1) is 22.6 Å². The molecule has 1 saturated heterocycles. The highest BCUT2D eigenvalue weighted by atomic mass is 16.2. The second-order valence-electron chi connectivity index (χ2n) is 6.55. The topological polar surface area (TPSA) is 41.4 Å². The number of piperazine rings is 1. The van der Waals surface area contributed by atoms with Crippen molar-refractivity contribution >= 4 is 5.91 Å². The van der Waals surface area contributed by atoms with E-state index in [0.717, 1.165) is 60.8 Å². The molecule has 0 atom stereocenters. The van der Waals surface area contributed by atoms with Gasteiger partial charge in [-0.2, -0.15) is 5.10 Å². The zero-order chi connectivity index (χ0) is 17.3. The third kappa shape index (κ3) is 2.96. The minimum atomic E-state index is 0.122. The maximum absolute atomic E-state index is 13.1. The summed E-state index contributed by atoms with van der Waals surface area (Å²) in [5.41, 5.74) is 4.82. The van der Waals surface area contributed by atoms with Gasteiger partial charge in [0.25, 0.3) is 5.91 Å². The number of benzene rings is 1. The van der Waals surface area contributed by atoms with E-state index in [2.05, 4.69) is 37.9 Å². The minimum Gasteiger partial charge on any atom is -0.336 e. The van der Waals surface area contributed by atoms with Crippen LogP contribution in [0.15, 0.2) is 24.3 Å². The van der Waals surface area contributed by atoms with Gasteiger partial charge < -0.3 is 9.80 Å². The Labute approximate surface area is 143 Å². The molecule has 0 saturated carbocycles. The van der Waals surface area contributed by atoms with Crippen molar-refractivity contribution < 1.29 is 4.79 Å². The van der Waals surface area contributed by atoms with Crippen LogP contribution in [-0.4, -0.2) is 58.7 Å².